The number of carbonyl (C=O) groups is 2. The number of rotatable bonds is 6. The van der Waals surface area contributed by atoms with Crippen molar-refractivity contribution >= 4 is 41.2 Å². The maximum Gasteiger partial charge on any atom is 0.249 e. The van der Waals surface area contributed by atoms with E-state index in [2.05, 4.69) is 15.8 Å². The standard InChI is InChI=1S/C14H17Cl2N3O2/c1-9(2)7-17-13(20)6-14(21)19-18-8-10-11(15)4-3-5-12(10)16/h3-5,8-9H,6-7H2,1-2H3,(H,17,20)(H,19,21). The van der Waals surface area contributed by atoms with Gasteiger partial charge in [-0.15, -0.1) is 0 Å². The Balaban J connectivity index is 2.46. The monoisotopic (exact) mass is 329 g/mol. The van der Waals surface area contributed by atoms with E-state index in [1.807, 2.05) is 13.8 Å². The lowest BCUT2D eigenvalue weighted by Gasteiger charge is -2.06. The Hall–Kier alpha value is -1.59. The van der Waals surface area contributed by atoms with Crippen molar-refractivity contribution < 1.29 is 9.59 Å². The number of halogens is 2. The molecule has 0 aliphatic rings. The van der Waals surface area contributed by atoms with Gasteiger partial charge in [0.15, 0.2) is 0 Å². The Morgan fingerprint density at radius 3 is 2.43 bits per heavy atom. The summed E-state index contributed by atoms with van der Waals surface area (Å²) in [5.74, 6) is -0.514. The number of benzene rings is 1. The SMILES string of the molecule is CC(C)CNC(=O)CC(=O)NN=Cc1c(Cl)cccc1Cl. The van der Waals surface area contributed by atoms with Gasteiger partial charge in [-0.1, -0.05) is 43.1 Å². The van der Waals surface area contributed by atoms with Crippen LogP contribution in [0.3, 0.4) is 0 Å². The zero-order valence-electron chi connectivity index (χ0n) is 11.8. The van der Waals surface area contributed by atoms with Crippen LogP contribution in [0.25, 0.3) is 0 Å². The Bertz CT molecular complexity index is 525. The summed E-state index contributed by atoms with van der Waals surface area (Å²) in [6.45, 7) is 4.47. The zero-order valence-corrected chi connectivity index (χ0v) is 13.3. The normalized spacial score (nSPS) is 10.9. The van der Waals surface area contributed by atoms with Gasteiger partial charge in [-0.2, -0.15) is 5.10 Å². The third-order valence-corrected chi connectivity index (χ3v) is 3.07. The molecule has 5 nitrogen and oxygen atoms in total. The fourth-order valence-electron chi connectivity index (χ4n) is 1.37. The van der Waals surface area contributed by atoms with Crippen LogP contribution in [-0.2, 0) is 9.59 Å². The lowest BCUT2D eigenvalue weighted by Crippen LogP contribution is -2.32. The third kappa shape index (κ3) is 6.60. The minimum Gasteiger partial charge on any atom is -0.355 e. The average Bonchev–Trinajstić information content (AvgIpc) is 2.40. The molecule has 0 aromatic heterocycles. The van der Waals surface area contributed by atoms with Gasteiger partial charge in [0.05, 0.1) is 16.3 Å². The molecule has 2 amide bonds. The van der Waals surface area contributed by atoms with E-state index in [0.717, 1.165) is 0 Å². The summed E-state index contributed by atoms with van der Waals surface area (Å²) in [7, 11) is 0. The molecule has 0 saturated heterocycles. The van der Waals surface area contributed by atoms with Gasteiger partial charge in [0.1, 0.15) is 6.42 Å². The molecule has 0 spiro atoms. The molecule has 7 heteroatoms. The number of hydrogen-bond acceptors (Lipinski definition) is 3. The topological polar surface area (TPSA) is 70.6 Å². The van der Waals surface area contributed by atoms with Crippen LogP contribution in [0.2, 0.25) is 10.0 Å². The fourth-order valence-corrected chi connectivity index (χ4v) is 1.86. The van der Waals surface area contributed by atoms with E-state index >= 15 is 0 Å². The van der Waals surface area contributed by atoms with Gasteiger partial charge in [-0.25, -0.2) is 5.43 Å². The van der Waals surface area contributed by atoms with Crippen LogP contribution in [0.1, 0.15) is 25.8 Å². The minimum atomic E-state index is -0.504. The summed E-state index contributed by atoms with van der Waals surface area (Å²) in [5, 5.41) is 7.24. The van der Waals surface area contributed by atoms with Gasteiger partial charge in [0, 0.05) is 12.1 Å². The third-order valence-electron chi connectivity index (χ3n) is 2.41. The van der Waals surface area contributed by atoms with Crippen LogP contribution in [-0.4, -0.2) is 24.6 Å². The van der Waals surface area contributed by atoms with E-state index in [0.29, 0.717) is 28.1 Å². The molecule has 1 aromatic rings. The summed E-state index contributed by atoms with van der Waals surface area (Å²) in [6.07, 6.45) is 1.06. The van der Waals surface area contributed by atoms with E-state index in [9.17, 15) is 9.59 Å². The Kier molecular flexibility index (Phi) is 7.19. The Labute approximate surface area is 133 Å². The molecule has 1 rings (SSSR count). The molecular formula is C14H17Cl2N3O2. The second-order valence-corrected chi connectivity index (χ2v) is 5.62. The highest BCUT2D eigenvalue weighted by Gasteiger charge is 2.09. The van der Waals surface area contributed by atoms with E-state index in [4.69, 9.17) is 23.2 Å². The van der Waals surface area contributed by atoms with Gasteiger partial charge < -0.3 is 5.32 Å². The van der Waals surface area contributed by atoms with E-state index in [1.54, 1.807) is 18.2 Å². The maximum atomic E-state index is 11.5. The quantitative estimate of drug-likeness (QED) is 0.478. The lowest BCUT2D eigenvalue weighted by atomic mass is 10.2. The molecular weight excluding hydrogens is 313 g/mol. The van der Waals surface area contributed by atoms with Gasteiger partial charge >= 0.3 is 0 Å². The molecule has 0 saturated carbocycles. The summed E-state index contributed by atoms with van der Waals surface area (Å²) in [4.78, 5) is 22.9. The number of amides is 2. The van der Waals surface area contributed by atoms with Crippen LogP contribution in [0.4, 0.5) is 0 Å². The first-order valence-electron chi connectivity index (χ1n) is 6.42. The van der Waals surface area contributed by atoms with Crippen molar-refractivity contribution in [3.8, 4) is 0 Å². The predicted molar refractivity (Wildman–Crippen MR) is 84.7 cm³/mol. The van der Waals surface area contributed by atoms with Crippen LogP contribution < -0.4 is 10.7 Å². The highest BCUT2D eigenvalue weighted by molar-refractivity contribution is 6.38. The maximum absolute atomic E-state index is 11.5. The molecule has 0 unspecified atom stereocenters. The van der Waals surface area contributed by atoms with Crippen LogP contribution in [0.5, 0.6) is 0 Å². The van der Waals surface area contributed by atoms with Crippen molar-refractivity contribution in [3.63, 3.8) is 0 Å². The minimum absolute atomic E-state index is 0.277. The molecule has 0 aliphatic carbocycles. The summed E-state index contributed by atoms with van der Waals surface area (Å²) < 4.78 is 0. The largest absolute Gasteiger partial charge is 0.355 e. The average molecular weight is 330 g/mol. The molecule has 0 heterocycles. The van der Waals surface area contributed by atoms with Gasteiger partial charge in [0.25, 0.3) is 0 Å². The smallest absolute Gasteiger partial charge is 0.249 e. The van der Waals surface area contributed by atoms with E-state index < -0.39 is 5.91 Å². The molecule has 0 bridgehead atoms. The number of nitrogens with zero attached hydrogens (tertiary/aromatic N) is 1. The predicted octanol–water partition coefficient (Wildman–Crippen LogP) is 2.61. The van der Waals surface area contributed by atoms with Gasteiger partial charge in [0.2, 0.25) is 11.8 Å². The van der Waals surface area contributed by atoms with Crippen LogP contribution >= 0.6 is 23.2 Å². The molecule has 21 heavy (non-hydrogen) atoms. The van der Waals surface area contributed by atoms with Gasteiger partial charge in [-0.05, 0) is 18.1 Å². The molecule has 0 atom stereocenters. The number of nitrogens with one attached hydrogen (secondary N) is 2. The number of hydrogen-bond donors (Lipinski definition) is 2. The first-order chi connectivity index (χ1) is 9.90. The molecule has 0 aliphatic heterocycles. The van der Waals surface area contributed by atoms with Crippen molar-refractivity contribution in [2.24, 2.45) is 11.0 Å². The second-order valence-electron chi connectivity index (χ2n) is 4.80. The van der Waals surface area contributed by atoms with Crippen molar-refractivity contribution in [1.29, 1.82) is 0 Å². The molecule has 114 valence electrons. The van der Waals surface area contributed by atoms with Crippen molar-refractivity contribution in [2.45, 2.75) is 20.3 Å². The summed E-state index contributed by atoms with van der Waals surface area (Å²) in [6, 6.07) is 5.03. The number of carbonyl (C=O) groups excluding carboxylic acids is 2. The summed E-state index contributed by atoms with van der Waals surface area (Å²) in [5.41, 5.74) is 2.76. The lowest BCUT2D eigenvalue weighted by molar-refractivity contribution is -0.129. The Morgan fingerprint density at radius 1 is 1.24 bits per heavy atom. The highest BCUT2D eigenvalue weighted by atomic mass is 35.5. The first-order valence-corrected chi connectivity index (χ1v) is 7.18. The Morgan fingerprint density at radius 2 is 1.86 bits per heavy atom. The number of hydrazone groups is 1. The second kappa shape index (κ2) is 8.64. The van der Waals surface area contributed by atoms with Crippen molar-refractivity contribution in [2.75, 3.05) is 6.54 Å². The van der Waals surface area contributed by atoms with Crippen LogP contribution in [0.15, 0.2) is 23.3 Å². The fraction of sp³-hybridized carbons (Fsp3) is 0.357. The highest BCUT2D eigenvalue weighted by Crippen LogP contribution is 2.21. The zero-order chi connectivity index (χ0) is 15.8. The molecule has 0 radical (unpaired) electrons. The van der Waals surface area contributed by atoms with Crippen LogP contribution in [0, 0.1) is 5.92 Å². The molecule has 0 fully saturated rings. The van der Waals surface area contributed by atoms with Crippen molar-refractivity contribution in [1.82, 2.24) is 10.7 Å². The van der Waals surface area contributed by atoms with Crippen molar-refractivity contribution in [3.05, 3.63) is 33.8 Å². The molecule has 2 N–H and O–H groups in total. The van der Waals surface area contributed by atoms with E-state index in [-0.39, 0.29) is 12.3 Å². The molecule has 1 aromatic carbocycles. The van der Waals surface area contributed by atoms with Gasteiger partial charge in [-0.3, -0.25) is 9.59 Å². The first kappa shape index (κ1) is 17.5. The van der Waals surface area contributed by atoms with E-state index in [1.165, 1.54) is 6.21 Å². The summed E-state index contributed by atoms with van der Waals surface area (Å²) >= 11 is 11.9.